The number of nitrogens with two attached hydrogens (primary N) is 1. The zero-order valence-corrected chi connectivity index (χ0v) is 26.5. The number of amides is 1. The van der Waals surface area contributed by atoms with Crippen molar-refractivity contribution in [3.63, 3.8) is 0 Å². The van der Waals surface area contributed by atoms with Crippen molar-refractivity contribution < 1.29 is 38.1 Å². The second-order valence-electron chi connectivity index (χ2n) is 12.4. The number of fused-ring (bicyclic) bond motifs is 4. The molecule has 1 aliphatic heterocycles. The first kappa shape index (κ1) is 34.1. The fourth-order valence-corrected chi connectivity index (χ4v) is 6.80. The molecule has 7 rings (SSSR count). The summed E-state index contributed by atoms with van der Waals surface area (Å²) < 4.78 is 33.5. The van der Waals surface area contributed by atoms with Gasteiger partial charge in [0.1, 0.15) is 12.2 Å². The van der Waals surface area contributed by atoms with E-state index >= 15 is 0 Å². The number of aliphatic hydroxyl groups excluding tert-OH is 2. The topological polar surface area (TPSA) is 192 Å². The number of hydrogen-bond acceptors (Lipinski definition) is 10. The minimum absolute atomic E-state index is 0.0480. The second-order valence-corrected chi connectivity index (χ2v) is 12.4. The van der Waals surface area contributed by atoms with Crippen molar-refractivity contribution in [1.29, 1.82) is 0 Å². The number of alkyl halides is 3. The van der Waals surface area contributed by atoms with Gasteiger partial charge in [-0.1, -0.05) is 55.5 Å². The predicted octanol–water partition coefficient (Wildman–Crippen LogP) is 2.78. The Morgan fingerprint density at radius 3 is 2.22 bits per heavy atom. The van der Waals surface area contributed by atoms with Gasteiger partial charge in [0.2, 0.25) is 11.9 Å². The molecule has 260 valence electrons. The lowest BCUT2D eigenvalue weighted by atomic mass is 9.97. The van der Waals surface area contributed by atoms with Gasteiger partial charge < -0.3 is 41.2 Å². The van der Waals surface area contributed by atoms with E-state index in [0.717, 1.165) is 13.0 Å². The number of aliphatic hydroxyl groups is 2. The summed E-state index contributed by atoms with van der Waals surface area (Å²) in [5.41, 5.74) is 12.4. The zero-order valence-electron chi connectivity index (χ0n) is 26.5. The quantitative estimate of drug-likeness (QED) is 0.168. The average molecular weight is 683 g/mol. The van der Waals surface area contributed by atoms with Crippen LogP contribution in [-0.2, 0) is 9.59 Å². The van der Waals surface area contributed by atoms with Crippen molar-refractivity contribution in [2.24, 2.45) is 5.73 Å². The lowest BCUT2D eigenvalue weighted by Crippen LogP contribution is -2.42. The first-order valence-corrected chi connectivity index (χ1v) is 16.0. The third kappa shape index (κ3) is 6.75. The van der Waals surface area contributed by atoms with Gasteiger partial charge in [-0.2, -0.15) is 23.1 Å². The van der Waals surface area contributed by atoms with Crippen molar-refractivity contribution in [2.75, 3.05) is 29.9 Å². The van der Waals surface area contributed by atoms with Crippen LogP contribution in [0.25, 0.3) is 22.3 Å². The summed E-state index contributed by atoms with van der Waals surface area (Å²) in [6.45, 7) is 3.77. The molecule has 7 N–H and O–H groups in total. The minimum atomic E-state index is -5.08. The van der Waals surface area contributed by atoms with E-state index in [0.29, 0.717) is 48.9 Å². The van der Waals surface area contributed by atoms with Crippen LogP contribution in [0.3, 0.4) is 0 Å². The van der Waals surface area contributed by atoms with Gasteiger partial charge in [0.25, 0.3) is 0 Å². The zero-order chi connectivity index (χ0) is 35.0. The molecule has 0 unspecified atom stereocenters. The molecule has 0 radical (unpaired) electrons. The van der Waals surface area contributed by atoms with E-state index in [1.807, 2.05) is 4.57 Å². The summed E-state index contributed by atoms with van der Waals surface area (Å²) in [5.74, 6) is -1.62. The number of aromatic nitrogens is 4. The van der Waals surface area contributed by atoms with E-state index in [9.17, 15) is 28.2 Å². The largest absolute Gasteiger partial charge is 0.490 e. The number of anilines is 2. The molecule has 0 bridgehead atoms. The van der Waals surface area contributed by atoms with Gasteiger partial charge in [-0.15, -0.1) is 0 Å². The van der Waals surface area contributed by atoms with E-state index < -0.39 is 36.4 Å². The van der Waals surface area contributed by atoms with E-state index in [1.54, 1.807) is 13.3 Å². The monoisotopic (exact) mass is 682 g/mol. The molecule has 3 aliphatic rings. The van der Waals surface area contributed by atoms with Crippen molar-refractivity contribution in [1.82, 2.24) is 24.8 Å². The van der Waals surface area contributed by atoms with Gasteiger partial charge in [0.15, 0.2) is 17.0 Å². The maximum atomic E-state index is 12.1. The maximum Gasteiger partial charge on any atom is 0.490 e. The number of rotatable bonds is 7. The Morgan fingerprint density at radius 2 is 1.65 bits per heavy atom. The summed E-state index contributed by atoms with van der Waals surface area (Å²) >= 11 is 0. The summed E-state index contributed by atoms with van der Waals surface area (Å²) in [4.78, 5) is 37.6. The third-order valence-corrected chi connectivity index (χ3v) is 9.27. The Balaban J connectivity index is 0.000000540. The molecule has 2 aliphatic carbocycles. The van der Waals surface area contributed by atoms with Gasteiger partial charge in [0, 0.05) is 38.0 Å². The third-order valence-electron chi connectivity index (χ3n) is 9.27. The first-order valence-electron chi connectivity index (χ1n) is 16.0. The average Bonchev–Trinajstić information content (AvgIpc) is 3.85. The molecule has 13 nitrogen and oxygen atoms in total. The highest BCUT2D eigenvalue weighted by Gasteiger charge is 2.44. The van der Waals surface area contributed by atoms with Crippen LogP contribution in [0.4, 0.5) is 24.9 Å². The number of carbonyl (C=O) groups excluding carboxylic acids is 1. The van der Waals surface area contributed by atoms with Gasteiger partial charge in [0.05, 0.1) is 18.4 Å². The van der Waals surface area contributed by atoms with Crippen LogP contribution in [-0.4, -0.2) is 96.8 Å². The molecule has 16 heteroatoms. The molecule has 0 spiro atoms. The van der Waals surface area contributed by atoms with Crippen LogP contribution in [0.1, 0.15) is 49.3 Å². The number of benzene rings is 2. The predicted molar refractivity (Wildman–Crippen MR) is 174 cm³/mol. The Kier molecular flexibility index (Phi) is 9.46. The van der Waals surface area contributed by atoms with Crippen LogP contribution in [0, 0.1) is 0 Å². The molecule has 5 atom stereocenters. The molecule has 3 heterocycles. The fourth-order valence-electron chi connectivity index (χ4n) is 6.80. The lowest BCUT2D eigenvalue weighted by Gasteiger charge is -2.21. The van der Waals surface area contributed by atoms with Gasteiger partial charge >= 0.3 is 12.1 Å². The maximum absolute atomic E-state index is 12.1. The number of nitrogens with zero attached hydrogens (tertiary/aromatic N) is 5. The van der Waals surface area contributed by atoms with Crippen molar-refractivity contribution in [3.8, 4) is 11.1 Å². The number of carboxylic acids is 1. The van der Waals surface area contributed by atoms with E-state index in [2.05, 4.69) is 64.1 Å². The number of hydrogen-bond donors (Lipinski definition) is 6. The fraction of sp³-hybridized carbons (Fsp3) is 0.424. The Bertz CT molecular complexity index is 1810. The minimum Gasteiger partial charge on any atom is -0.475 e. The molecule has 2 aromatic carbocycles. The van der Waals surface area contributed by atoms with Gasteiger partial charge in [-0.05, 0) is 35.1 Å². The molecule has 1 saturated heterocycles. The van der Waals surface area contributed by atoms with Crippen LogP contribution in [0.5, 0.6) is 0 Å². The van der Waals surface area contributed by atoms with Crippen LogP contribution in [0.15, 0.2) is 54.9 Å². The normalized spacial score (nSPS) is 23.2. The Morgan fingerprint density at radius 1 is 1.02 bits per heavy atom. The van der Waals surface area contributed by atoms with Gasteiger partial charge in [-0.25, -0.2) is 9.78 Å². The first-order chi connectivity index (χ1) is 23.4. The SMILES string of the molecule is CCC(=O)N[C@H]1C[C@@H](n2cnc3c(NCC4c5ccccc5-c5ccccc54)nc(N4CC[C@@H](N)C4)nc32)[C@H](O)[C@@H]1O.O=C(O)C(F)(F)F. The molecular weight excluding hydrogens is 645 g/mol. The van der Waals surface area contributed by atoms with Crippen molar-refractivity contribution >= 4 is 34.8 Å². The standard InChI is InChI=1S/C31H36N8O3.C2HF3O2/c1-2-25(40)35-23-13-24(28(42)27(23)41)39-16-34-26-29(36-31(37-30(26)39)38-12-11-17(32)15-38)33-14-22-20-9-5-3-7-18(20)19-8-4-6-10-21(19)22;3-2(4,5)1(6)7/h3-10,16-17,22-24,27-28,41-42H,2,11-15,32H2,1H3,(H,35,40)(H,33,36,37);(H,6,7)/t17-,23+,24-,27-,28+;/m1./s1. The molecule has 1 amide bonds. The molecule has 49 heavy (non-hydrogen) atoms. The molecule has 4 aromatic rings. The van der Waals surface area contributed by atoms with E-state index in [4.69, 9.17) is 30.6 Å². The highest BCUT2D eigenvalue weighted by atomic mass is 19.4. The summed E-state index contributed by atoms with van der Waals surface area (Å²) in [6.07, 6.45) is -4.11. The van der Waals surface area contributed by atoms with Gasteiger partial charge in [-0.3, -0.25) is 4.79 Å². The lowest BCUT2D eigenvalue weighted by molar-refractivity contribution is -0.192. The number of aliphatic carboxylic acids is 1. The highest BCUT2D eigenvalue weighted by Crippen LogP contribution is 2.44. The number of halogens is 3. The molecule has 1 saturated carbocycles. The smallest absolute Gasteiger partial charge is 0.475 e. The summed E-state index contributed by atoms with van der Waals surface area (Å²) in [7, 11) is 0. The molecule has 2 aromatic heterocycles. The van der Waals surface area contributed by atoms with Crippen LogP contribution < -0.4 is 21.3 Å². The summed E-state index contributed by atoms with van der Waals surface area (Å²) in [5, 5.41) is 35.3. The second kappa shape index (κ2) is 13.6. The number of carbonyl (C=O) groups is 2. The summed E-state index contributed by atoms with van der Waals surface area (Å²) in [6, 6.07) is 16.0. The van der Waals surface area contributed by atoms with Crippen molar-refractivity contribution in [2.45, 2.75) is 68.6 Å². The van der Waals surface area contributed by atoms with E-state index in [-0.39, 0.29) is 17.9 Å². The van der Waals surface area contributed by atoms with E-state index in [1.165, 1.54) is 22.3 Å². The molecular formula is C33H37F3N8O5. The van der Waals surface area contributed by atoms with Crippen LogP contribution in [0.2, 0.25) is 0 Å². The Labute approximate surface area is 279 Å². The highest BCUT2D eigenvalue weighted by molar-refractivity contribution is 5.85. The number of imidazole rings is 1. The Hall–Kier alpha value is -4.80. The van der Waals surface area contributed by atoms with Crippen LogP contribution >= 0.6 is 0 Å². The number of carboxylic acid groups (broad SMARTS) is 1. The molecule has 2 fully saturated rings. The number of nitrogens with one attached hydrogen (secondary N) is 2. The van der Waals surface area contributed by atoms with Crippen molar-refractivity contribution in [3.05, 3.63) is 66.0 Å².